The van der Waals surface area contributed by atoms with Crippen LogP contribution < -0.4 is 0 Å². The Morgan fingerprint density at radius 1 is 1.39 bits per heavy atom. The first-order valence-corrected chi connectivity index (χ1v) is 8.17. The van der Waals surface area contributed by atoms with Crippen molar-refractivity contribution < 1.29 is 14.7 Å². The first-order chi connectivity index (χ1) is 10.9. The molecule has 2 heterocycles. The van der Waals surface area contributed by atoms with Crippen LogP contribution in [0.5, 0.6) is 0 Å². The van der Waals surface area contributed by atoms with Crippen LogP contribution in [0, 0.1) is 0 Å². The summed E-state index contributed by atoms with van der Waals surface area (Å²) < 4.78 is 2.48. The quantitative estimate of drug-likeness (QED) is 0.847. The first-order valence-electron chi connectivity index (χ1n) is 7.00. The number of benzene rings is 1. The van der Waals surface area contributed by atoms with Crippen molar-refractivity contribution in [1.82, 2.24) is 9.47 Å². The lowest BCUT2D eigenvalue weighted by Crippen LogP contribution is -2.49. The van der Waals surface area contributed by atoms with Gasteiger partial charge in [-0.15, -0.1) is 0 Å². The zero-order valence-electron chi connectivity index (χ0n) is 12.3. The van der Waals surface area contributed by atoms with E-state index in [9.17, 15) is 14.7 Å². The fourth-order valence-corrected chi connectivity index (χ4v) is 3.71. The second-order valence-corrected chi connectivity index (χ2v) is 6.81. The molecule has 1 aromatic heterocycles. The maximum Gasteiger partial charge on any atom is 0.326 e. The highest BCUT2D eigenvalue weighted by molar-refractivity contribution is 9.10. The number of hydrogen-bond donors (Lipinski definition) is 1. The molecule has 0 spiro atoms. The Kier molecular flexibility index (Phi) is 4.21. The summed E-state index contributed by atoms with van der Waals surface area (Å²) in [5.41, 5.74) is 2.26. The molecule has 0 saturated heterocycles. The van der Waals surface area contributed by atoms with Gasteiger partial charge in [0.15, 0.2) is 0 Å². The van der Waals surface area contributed by atoms with Crippen molar-refractivity contribution >= 4 is 39.4 Å². The van der Waals surface area contributed by atoms with Crippen LogP contribution in [0.4, 0.5) is 0 Å². The maximum atomic E-state index is 12.8. The Morgan fingerprint density at radius 2 is 2.13 bits per heavy atom. The van der Waals surface area contributed by atoms with Gasteiger partial charge in [-0.3, -0.25) is 4.79 Å². The number of aliphatic carboxylic acids is 1. The third kappa shape index (κ3) is 2.88. The highest BCUT2D eigenvalue weighted by Gasteiger charge is 2.36. The highest BCUT2D eigenvalue weighted by Crippen LogP contribution is 2.30. The molecule has 2 aromatic rings. The van der Waals surface area contributed by atoms with Crippen LogP contribution in [0.1, 0.15) is 21.6 Å². The molecule has 1 atom stereocenters. The van der Waals surface area contributed by atoms with Gasteiger partial charge in [0.25, 0.3) is 5.91 Å². The minimum Gasteiger partial charge on any atom is -0.480 e. The summed E-state index contributed by atoms with van der Waals surface area (Å²) >= 11 is 9.39. The van der Waals surface area contributed by atoms with Crippen LogP contribution in [0.25, 0.3) is 0 Å². The predicted octanol–water partition coefficient (Wildman–Crippen LogP) is 3.09. The van der Waals surface area contributed by atoms with Gasteiger partial charge >= 0.3 is 5.97 Å². The molecule has 1 aromatic carbocycles. The van der Waals surface area contributed by atoms with E-state index in [1.807, 2.05) is 18.2 Å². The molecule has 0 radical (unpaired) electrons. The monoisotopic (exact) mass is 396 g/mol. The molecule has 1 aliphatic rings. The van der Waals surface area contributed by atoms with E-state index in [2.05, 4.69) is 15.9 Å². The van der Waals surface area contributed by atoms with E-state index in [1.165, 1.54) is 4.90 Å². The molecule has 0 bridgehead atoms. The average Bonchev–Trinajstić information content (AvgIpc) is 2.84. The van der Waals surface area contributed by atoms with Crippen molar-refractivity contribution in [2.24, 2.45) is 7.05 Å². The lowest BCUT2D eigenvalue weighted by Gasteiger charge is -2.35. The summed E-state index contributed by atoms with van der Waals surface area (Å²) in [6.07, 6.45) is 1.90. The van der Waals surface area contributed by atoms with E-state index >= 15 is 0 Å². The van der Waals surface area contributed by atoms with Gasteiger partial charge in [0, 0.05) is 30.7 Å². The fourth-order valence-electron chi connectivity index (χ4n) is 2.90. The number of carbonyl (C=O) groups excluding carboxylic acids is 1. The third-order valence-electron chi connectivity index (χ3n) is 4.07. The van der Waals surface area contributed by atoms with E-state index in [0.717, 1.165) is 15.6 Å². The summed E-state index contributed by atoms with van der Waals surface area (Å²) in [5.74, 6) is -1.35. The van der Waals surface area contributed by atoms with Gasteiger partial charge in [0.1, 0.15) is 11.7 Å². The van der Waals surface area contributed by atoms with Gasteiger partial charge in [-0.05, 0) is 23.3 Å². The van der Waals surface area contributed by atoms with Crippen molar-refractivity contribution in [3.8, 4) is 0 Å². The number of aromatic nitrogens is 1. The van der Waals surface area contributed by atoms with Gasteiger partial charge in [-0.2, -0.15) is 0 Å². The van der Waals surface area contributed by atoms with Crippen LogP contribution in [0.2, 0.25) is 5.02 Å². The number of aryl methyl sites for hydroxylation is 1. The number of rotatable bonds is 2. The first kappa shape index (κ1) is 16.1. The molecule has 0 saturated carbocycles. The molecule has 1 aliphatic heterocycles. The van der Waals surface area contributed by atoms with Gasteiger partial charge in [-0.1, -0.05) is 39.7 Å². The van der Waals surface area contributed by atoms with E-state index in [4.69, 9.17) is 11.6 Å². The highest BCUT2D eigenvalue weighted by atomic mass is 79.9. The number of fused-ring (bicyclic) bond motifs is 1. The van der Waals surface area contributed by atoms with Crippen molar-refractivity contribution in [3.05, 3.63) is 56.8 Å². The number of carboxylic acids is 1. The molecule has 23 heavy (non-hydrogen) atoms. The summed E-state index contributed by atoms with van der Waals surface area (Å²) in [5, 5.41) is 10.0. The second kappa shape index (κ2) is 6.02. The van der Waals surface area contributed by atoms with Crippen LogP contribution >= 0.6 is 27.5 Å². The van der Waals surface area contributed by atoms with Crippen LogP contribution in [0.15, 0.2) is 34.9 Å². The van der Waals surface area contributed by atoms with Crippen LogP contribution in [-0.2, 0) is 24.8 Å². The molecule has 1 unspecified atom stereocenters. The van der Waals surface area contributed by atoms with Gasteiger partial charge in [-0.25, -0.2) is 4.79 Å². The number of carboxylic acid groups (broad SMARTS) is 1. The van der Waals surface area contributed by atoms with Crippen molar-refractivity contribution in [1.29, 1.82) is 0 Å². The summed E-state index contributed by atoms with van der Waals surface area (Å²) in [4.78, 5) is 25.9. The normalized spacial score (nSPS) is 17.0. The number of nitrogens with zero attached hydrogens (tertiary/aromatic N) is 2. The molecule has 0 aliphatic carbocycles. The minimum absolute atomic E-state index is 0.257. The number of hydrogen-bond acceptors (Lipinski definition) is 2. The van der Waals surface area contributed by atoms with Crippen molar-refractivity contribution in [3.63, 3.8) is 0 Å². The van der Waals surface area contributed by atoms with Gasteiger partial charge in [0.05, 0.1) is 5.02 Å². The van der Waals surface area contributed by atoms with Crippen molar-refractivity contribution in [2.45, 2.75) is 19.0 Å². The molecular formula is C16H14BrClN2O3. The van der Waals surface area contributed by atoms with Crippen LogP contribution in [-0.4, -0.2) is 32.5 Å². The Labute approximate surface area is 146 Å². The third-order valence-corrected chi connectivity index (χ3v) is 5.02. The molecule has 1 N–H and O–H groups in total. The van der Waals surface area contributed by atoms with Crippen molar-refractivity contribution in [2.75, 3.05) is 0 Å². The lowest BCUT2D eigenvalue weighted by molar-refractivity contribution is -0.142. The zero-order chi connectivity index (χ0) is 16.7. The Balaban J connectivity index is 2.01. The van der Waals surface area contributed by atoms with E-state index in [0.29, 0.717) is 10.7 Å². The Hall–Kier alpha value is -1.79. The number of halogens is 2. The van der Waals surface area contributed by atoms with E-state index in [1.54, 1.807) is 23.9 Å². The molecular weight excluding hydrogens is 384 g/mol. The standard InChI is InChI=1S/C16H14BrClN2O3/c1-19-8-10(18)5-13(19)15(21)20-7-9-3-2-4-12(17)11(9)6-14(20)16(22)23/h2-5,8,14H,6-7H2,1H3,(H,22,23). The van der Waals surface area contributed by atoms with E-state index < -0.39 is 12.0 Å². The molecule has 0 fully saturated rings. The van der Waals surface area contributed by atoms with Crippen LogP contribution in [0.3, 0.4) is 0 Å². The second-order valence-electron chi connectivity index (χ2n) is 5.52. The molecule has 7 heteroatoms. The molecule has 1 amide bonds. The average molecular weight is 398 g/mol. The van der Waals surface area contributed by atoms with Gasteiger partial charge < -0.3 is 14.6 Å². The minimum atomic E-state index is -1.01. The lowest BCUT2D eigenvalue weighted by atomic mass is 9.93. The maximum absolute atomic E-state index is 12.8. The SMILES string of the molecule is Cn1cc(Cl)cc1C(=O)N1Cc2cccc(Br)c2CC1C(=O)O. The molecule has 3 rings (SSSR count). The summed E-state index contributed by atoms with van der Waals surface area (Å²) in [7, 11) is 1.71. The predicted molar refractivity (Wildman–Crippen MR) is 89.6 cm³/mol. The topological polar surface area (TPSA) is 62.5 Å². The zero-order valence-corrected chi connectivity index (χ0v) is 14.6. The fraction of sp³-hybridized carbons (Fsp3) is 0.250. The number of amides is 1. The largest absolute Gasteiger partial charge is 0.480 e. The Bertz CT molecular complexity index is 803. The summed E-state index contributed by atoms with van der Waals surface area (Å²) in [6, 6.07) is 6.33. The summed E-state index contributed by atoms with van der Waals surface area (Å²) in [6.45, 7) is 0.257. The smallest absolute Gasteiger partial charge is 0.326 e. The molecule has 5 nitrogen and oxygen atoms in total. The molecule has 120 valence electrons. The van der Waals surface area contributed by atoms with Gasteiger partial charge in [0.2, 0.25) is 0 Å². The Morgan fingerprint density at radius 3 is 2.74 bits per heavy atom. The number of carbonyl (C=O) groups is 2. The van der Waals surface area contributed by atoms with E-state index in [-0.39, 0.29) is 18.9 Å².